The molecule has 0 aliphatic rings. The lowest BCUT2D eigenvalue weighted by Gasteiger charge is -2.16. The molecule has 0 aliphatic carbocycles. The molecule has 0 radical (unpaired) electrons. The molecule has 2 rings (SSSR count). The van der Waals surface area contributed by atoms with Crippen molar-refractivity contribution >= 4 is 29.2 Å². The number of rotatable bonds is 8. The Morgan fingerprint density at radius 2 is 1.48 bits per heavy atom. The van der Waals surface area contributed by atoms with Gasteiger partial charge in [0.05, 0.1) is 0 Å². The number of carbonyl (C=O) groups excluding carboxylic acids is 3. The van der Waals surface area contributed by atoms with Crippen molar-refractivity contribution in [2.24, 2.45) is 0 Å². The van der Waals surface area contributed by atoms with E-state index in [0.29, 0.717) is 17.1 Å². The number of para-hydroxylation sites is 1. The molecule has 7 nitrogen and oxygen atoms in total. The number of amides is 2. The largest absolute Gasteiger partial charge is 0.482 e. The lowest BCUT2D eigenvalue weighted by Crippen LogP contribution is -2.31. The minimum atomic E-state index is -0.985. The molecule has 2 N–H and O–H groups in total. The van der Waals surface area contributed by atoms with Gasteiger partial charge in [0, 0.05) is 18.3 Å². The molecule has 2 amide bonds. The Labute approximate surface area is 170 Å². The molecule has 154 valence electrons. The minimum Gasteiger partial charge on any atom is -0.482 e. The molecule has 0 spiro atoms. The van der Waals surface area contributed by atoms with Gasteiger partial charge in [0.1, 0.15) is 5.75 Å². The Balaban J connectivity index is 1.84. The van der Waals surface area contributed by atoms with E-state index < -0.39 is 18.0 Å². The molecule has 0 aromatic heterocycles. The van der Waals surface area contributed by atoms with Crippen molar-refractivity contribution < 1.29 is 23.9 Å². The molecule has 2 aromatic carbocycles. The highest BCUT2D eigenvalue weighted by Gasteiger charge is 2.19. The molecule has 29 heavy (non-hydrogen) atoms. The molecule has 0 saturated carbocycles. The van der Waals surface area contributed by atoms with Gasteiger partial charge in [-0.05, 0) is 48.7 Å². The average Bonchev–Trinajstić information content (AvgIpc) is 2.67. The predicted molar refractivity (Wildman–Crippen MR) is 111 cm³/mol. The topological polar surface area (TPSA) is 93.7 Å². The van der Waals surface area contributed by atoms with Gasteiger partial charge in [-0.25, -0.2) is 4.79 Å². The minimum absolute atomic E-state index is 0.180. The number of nitrogens with one attached hydrogen (secondary N) is 2. The van der Waals surface area contributed by atoms with E-state index >= 15 is 0 Å². The van der Waals surface area contributed by atoms with Crippen molar-refractivity contribution in [2.45, 2.75) is 39.7 Å². The first-order chi connectivity index (χ1) is 13.8. The van der Waals surface area contributed by atoms with Crippen LogP contribution in [0, 0.1) is 0 Å². The first-order valence-electron chi connectivity index (χ1n) is 9.36. The summed E-state index contributed by atoms with van der Waals surface area (Å²) in [5.74, 6) is -0.402. The van der Waals surface area contributed by atoms with Gasteiger partial charge >= 0.3 is 5.97 Å². The monoisotopic (exact) mass is 398 g/mol. The molecule has 0 aliphatic heterocycles. The van der Waals surface area contributed by atoms with Crippen LogP contribution in [-0.2, 0) is 19.1 Å². The summed E-state index contributed by atoms with van der Waals surface area (Å²) in [4.78, 5) is 35.3. The van der Waals surface area contributed by atoms with Crippen molar-refractivity contribution in [3.63, 3.8) is 0 Å². The molecule has 1 atom stereocenters. The summed E-state index contributed by atoms with van der Waals surface area (Å²) in [5.41, 5.74) is 2.14. The zero-order valence-corrected chi connectivity index (χ0v) is 17.0. The quantitative estimate of drug-likeness (QED) is 0.661. The van der Waals surface area contributed by atoms with E-state index in [4.69, 9.17) is 9.47 Å². The van der Waals surface area contributed by atoms with Crippen LogP contribution in [0.2, 0.25) is 0 Å². The van der Waals surface area contributed by atoms with Crippen LogP contribution in [-0.4, -0.2) is 30.5 Å². The maximum absolute atomic E-state index is 12.2. The second-order valence-electron chi connectivity index (χ2n) is 6.86. The molecule has 7 heteroatoms. The van der Waals surface area contributed by atoms with Crippen molar-refractivity contribution in [3.8, 4) is 5.75 Å². The van der Waals surface area contributed by atoms with E-state index in [9.17, 15) is 14.4 Å². The molecule has 0 fully saturated rings. The summed E-state index contributed by atoms with van der Waals surface area (Å²) in [5, 5.41) is 5.29. The van der Waals surface area contributed by atoms with E-state index in [-0.39, 0.29) is 18.4 Å². The van der Waals surface area contributed by atoms with Gasteiger partial charge in [0.15, 0.2) is 12.7 Å². The van der Waals surface area contributed by atoms with Crippen LogP contribution >= 0.6 is 0 Å². The average molecular weight is 398 g/mol. The third-order valence-corrected chi connectivity index (χ3v) is 4.04. The fourth-order valence-corrected chi connectivity index (χ4v) is 2.59. The van der Waals surface area contributed by atoms with Gasteiger partial charge in [-0.3, -0.25) is 9.59 Å². The summed E-state index contributed by atoms with van der Waals surface area (Å²) in [7, 11) is 0. The highest BCUT2D eigenvalue weighted by atomic mass is 16.6. The summed E-state index contributed by atoms with van der Waals surface area (Å²) in [6.07, 6.45) is -0.985. The molecular formula is C22H26N2O5. The van der Waals surface area contributed by atoms with Gasteiger partial charge in [0.25, 0.3) is 5.91 Å². The van der Waals surface area contributed by atoms with Crippen LogP contribution in [0.5, 0.6) is 5.75 Å². The molecular weight excluding hydrogens is 372 g/mol. The second-order valence-corrected chi connectivity index (χ2v) is 6.86. The van der Waals surface area contributed by atoms with E-state index in [0.717, 1.165) is 5.56 Å². The van der Waals surface area contributed by atoms with E-state index in [1.807, 2.05) is 32.0 Å². The van der Waals surface area contributed by atoms with Crippen LogP contribution in [0.4, 0.5) is 11.4 Å². The summed E-state index contributed by atoms with van der Waals surface area (Å²) < 4.78 is 10.7. The molecule has 0 bridgehead atoms. The number of esters is 1. The smallest absolute Gasteiger partial charge is 0.344 e. The Morgan fingerprint density at radius 1 is 0.897 bits per heavy atom. The lowest BCUT2D eigenvalue weighted by molar-refractivity contribution is -0.155. The summed E-state index contributed by atoms with van der Waals surface area (Å²) in [6, 6.07) is 14.1. The highest BCUT2D eigenvalue weighted by Crippen LogP contribution is 2.25. The fraction of sp³-hybridized carbons (Fsp3) is 0.318. The third kappa shape index (κ3) is 6.95. The number of carbonyl (C=O) groups is 3. The zero-order valence-electron chi connectivity index (χ0n) is 17.0. The Morgan fingerprint density at radius 3 is 2.07 bits per heavy atom. The fourth-order valence-electron chi connectivity index (χ4n) is 2.59. The first-order valence-corrected chi connectivity index (χ1v) is 9.36. The van der Waals surface area contributed by atoms with Crippen LogP contribution < -0.4 is 15.4 Å². The predicted octanol–water partition coefficient (Wildman–Crippen LogP) is 3.72. The van der Waals surface area contributed by atoms with Crippen molar-refractivity contribution in [1.29, 1.82) is 0 Å². The molecule has 2 aromatic rings. The normalized spacial score (nSPS) is 11.5. The van der Waals surface area contributed by atoms with Crippen molar-refractivity contribution in [1.82, 2.24) is 0 Å². The van der Waals surface area contributed by atoms with Gasteiger partial charge in [0.2, 0.25) is 5.91 Å². The lowest BCUT2D eigenvalue weighted by atomic mass is 10.0. The number of benzene rings is 2. The molecule has 0 saturated heterocycles. The first kappa shape index (κ1) is 21.9. The summed E-state index contributed by atoms with van der Waals surface area (Å²) >= 11 is 0. The SMILES string of the molecule is CC(=O)Nc1ccc(NC(=O)[C@@H](C)OC(=O)COc2ccccc2C(C)C)cc1. The second kappa shape index (κ2) is 10.3. The Kier molecular flexibility index (Phi) is 7.77. The zero-order chi connectivity index (χ0) is 21.4. The van der Waals surface area contributed by atoms with Gasteiger partial charge in [-0.1, -0.05) is 32.0 Å². The van der Waals surface area contributed by atoms with Gasteiger partial charge in [-0.15, -0.1) is 0 Å². The standard InChI is InChI=1S/C22H26N2O5/c1-14(2)19-7-5-6-8-20(19)28-13-21(26)29-15(3)22(27)24-18-11-9-17(10-12-18)23-16(4)25/h5-12,14-15H,13H2,1-4H3,(H,23,25)(H,24,27)/t15-/m1/s1. The van der Waals surface area contributed by atoms with Gasteiger partial charge in [-0.2, -0.15) is 0 Å². The number of ether oxygens (including phenoxy) is 2. The van der Waals surface area contributed by atoms with Crippen LogP contribution in [0.15, 0.2) is 48.5 Å². The maximum atomic E-state index is 12.2. The Bertz CT molecular complexity index is 862. The van der Waals surface area contributed by atoms with E-state index in [1.165, 1.54) is 13.8 Å². The third-order valence-electron chi connectivity index (χ3n) is 4.04. The number of hydrogen-bond acceptors (Lipinski definition) is 5. The number of anilines is 2. The summed E-state index contributed by atoms with van der Waals surface area (Å²) in [6.45, 7) is 6.69. The van der Waals surface area contributed by atoms with Crippen LogP contribution in [0.3, 0.4) is 0 Å². The Hall–Kier alpha value is -3.35. The molecule has 0 heterocycles. The van der Waals surface area contributed by atoms with E-state index in [2.05, 4.69) is 10.6 Å². The van der Waals surface area contributed by atoms with E-state index in [1.54, 1.807) is 30.3 Å². The van der Waals surface area contributed by atoms with Gasteiger partial charge < -0.3 is 20.1 Å². The molecule has 0 unspecified atom stereocenters. The van der Waals surface area contributed by atoms with Crippen molar-refractivity contribution in [3.05, 3.63) is 54.1 Å². The highest BCUT2D eigenvalue weighted by molar-refractivity contribution is 5.95. The van der Waals surface area contributed by atoms with Crippen LogP contribution in [0.1, 0.15) is 39.2 Å². The maximum Gasteiger partial charge on any atom is 0.344 e. The van der Waals surface area contributed by atoms with Crippen molar-refractivity contribution in [2.75, 3.05) is 17.2 Å². The van der Waals surface area contributed by atoms with Crippen LogP contribution in [0.25, 0.3) is 0 Å². The number of hydrogen-bond donors (Lipinski definition) is 2.